The minimum atomic E-state index is -0.506. The van der Waals surface area contributed by atoms with Gasteiger partial charge in [-0.2, -0.15) is 5.10 Å². The molecule has 4 rings (SSSR count). The number of rotatable bonds is 8. The van der Waals surface area contributed by atoms with Crippen LogP contribution >= 0.6 is 11.3 Å². The van der Waals surface area contributed by atoms with Crippen LogP contribution in [0.1, 0.15) is 38.8 Å². The molecular weight excluding hydrogens is 453 g/mol. The van der Waals surface area contributed by atoms with Gasteiger partial charge in [0.15, 0.2) is 0 Å². The molecular formula is C26H26FN3O3S. The van der Waals surface area contributed by atoms with Crippen LogP contribution < -0.4 is 0 Å². The molecule has 0 saturated heterocycles. The third kappa shape index (κ3) is 5.40. The van der Waals surface area contributed by atoms with Crippen LogP contribution in [0.4, 0.5) is 4.39 Å². The number of nitrogens with zero attached hydrogens (tertiary/aromatic N) is 3. The van der Waals surface area contributed by atoms with Crippen molar-refractivity contribution >= 4 is 28.9 Å². The molecule has 0 saturated carbocycles. The summed E-state index contributed by atoms with van der Waals surface area (Å²) in [5.74, 6) is -1.25. The van der Waals surface area contributed by atoms with Crippen LogP contribution in [0.25, 0.3) is 0 Å². The van der Waals surface area contributed by atoms with Crippen LogP contribution in [0.5, 0.6) is 0 Å². The first-order valence-corrected chi connectivity index (χ1v) is 11.9. The van der Waals surface area contributed by atoms with Gasteiger partial charge in [0.2, 0.25) is 0 Å². The number of amides is 2. The van der Waals surface area contributed by atoms with E-state index < -0.39 is 11.7 Å². The number of ether oxygens (including phenoxy) is 1. The predicted octanol–water partition coefficient (Wildman–Crippen LogP) is 4.66. The van der Waals surface area contributed by atoms with E-state index in [4.69, 9.17) is 4.74 Å². The summed E-state index contributed by atoms with van der Waals surface area (Å²) in [6, 6.07) is 17.2. The van der Waals surface area contributed by atoms with Gasteiger partial charge in [-0.25, -0.2) is 9.40 Å². The lowest BCUT2D eigenvalue weighted by Gasteiger charge is -2.27. The predicted molar refractivity (Wildman–Crippen MR) is 130 cm³/mol. The first kappa shape index (κ1) is 23.8. The lowest BCUT2D eigenvalue weighted by molar-refractivity contribution is -0.133. The number of hydrogen-bond acceptors (Lipinski definition) is 5. The van der Waals surface area contributed by atoms with Crippen LogP contribution in [-0.4, -0.2) is 54.2 Å². The van der Waals surface area contributed by atoms with Crippen molar-refractivity contribution in [1.82, 2.24) is 9.91 Å². The molecule has 2 aromatic carbocycles. The van der Waals surface area contributed by atoms with E-state index in [1.165, 1.54) is 41.3 Å². The molecule has 0 bridgehead atoms. The fourth-order valence-electron chi connectivity index (χ4n) is 3.87. The van der Waals surface area contributed by atoms with Gasteiger partial charge < -0.3 is 9.64 Å². The molecule has 0 aliphatic carbocycles. The summed E-state index contributed by atoms with van der Waals surface area (Å²) in [5.41, 5.74) is 3.14. The lowest BCUT2D eigenvalue weighted by Crippen LogP contribution is -2.42. The maximum Gasteiger partial charge on any atom is 0.262 e. The van der Waals surface area contributed by atoms with Crippen molar-refractivity contribution in [2.24, 2.45) is 5.10 Å². The lowest BCUT2D eigenvalue weighted by atomic mass is 10.00. The number of thiophene rings is 1. The molecule has 0 fully saturated rings. The van der Waals surface area contributed by atoms with Crippen LogP contribution in [0.2, 0.25) is 0 Å². The molecule has 0 N–H and O–H groups in total. The van der Waals surface area contributed by atoms with Crippen molar-refractivity contribution in [2.45, 2.75) is 19.4 Å². The smallest absolute Gasteiger partial charge is 0.262 e. The molecule has 0 unspecified atom stereocenters. The monoisotopic (exact) mass is 479 g/mol. The third-order valence-electron chi connectivity index (χ3n) is 5.68. The van der Waals surface area contributed by atoms with Crippen LogP contribution in [0.15, 0.2) is 71.1 Å². The molecule has 2 heterocycles. The normalized spacial score (nSPS) is 15.3. The molecule has 2 amide bonds. The van der Waals surface area contributed by atoms with Crippen LogP contribution in [0, 0.1) is 12.7 Å². The minimum Gasteiger partial charge on any atom is -0.383 e. The summed E-state index contributed by atoms with van der Waals surface area (Å²) in [6.07, 6.45) is 0.589. The number of carbonyl (C=O) groups is 2. The Morgan fingerprint density at radius 2 is 1.97 bits per heavy atom. The van der Waals surface area contributed by atoms with Gasteiger partial charge >= 0.3 is 0 Å². The van der Waals surface area contributed by atoms with Gasteiger partial charge in [-0.15, -0.1) is 11.3 Å². The Balaban J connectivity index is 1.60. The summed E-state index contributed by atoms with van der Waals surface area (Å²) >= 11 is 1.58. The highest BCUT2D eigenvalue weighted by molar-refractivity contribution is 7.12. The molecule has 3 aromatic rings. The summed E-state index contributed by atoms with van der Waals surface area (Å²) in [6.45, 7) is 2.27. The Bertz CT molecular complexity index is 1180. The Hall–Kier alpha value is -3.36. The summed E-state index contributed by atoms with van der Waals surface area (Å²) < 4.78 is 18.8. The highest BCUT2D eigenvalue weighted by Gasteiger charge is 2.34. The Kier molecular flexibility index (Phi) is 7.49. The second-order valence-electron chi connectivity index (χ2n) is 8.12. The van der Waals surface area contributed by atoms with Crippen molar-refractivity contribution in [3.8, 4) is 0 Å². The van der Waals surface area contributed by atoms with Gasteiger partial charge in [-0.1, -0.05) is 42.0 Å². The molecule has 8 heteroatoms. The number of hydrazone groups is 1. The number of benzene rings is 2. The van der Waals surface area contributed by atoms with Gasteiger partial charge in [0, 0.05) is 25.6 Å². The molecule has 6 nitrogen and oxygen atoms in total. The van der Waals surface area contributed by atoms with Gasteiger partial charge in [0.1, 0.15) is 12.4 Å². The Morgan fingerprint density at radius 1 is 1.18 bits per heavy atom. The van der Waals surface area contributed by atoms with Crippen molar-refractivity contribution in [3.05, 3.63) is 93.4 Å². The zero-order valence-electron chi connectivity index (χ0n) is 19.1. The number of methoxy groups -OCH3 is 1. The molecule has 1 atom stereocenters. The van der Waals surface area contributed by atoms with Crippen LogP contribution in [0.3, 0.4) is 0 Å². The van der Waals surface area contributed by atoms with E-state index in [9.17, 15) is 14.0 Å². The number of halogens is 1. The fourth-order valence-corrected chi connectivity index (χ4v) is 4.59. The maximum absolute atomic E-state index is 13.7. The first-order chi connectivity index (χ1) is 16.5. The van der Waals surface area contributed by atoms with E-state index in [2.05, 4.69) is 5.10 Å². The Labute approximate surface area is 202 Å². The van der Waals surface area contributed by atoms with Crippen molar-refractivity contribution in [3.63, 3.8) is 0 Å². The maximum atomic E-state index is 13.7. The van der Waals surface area contributed by atoms with Crippen molar-refractivity contribution in [1.29, 1.82) is 0 Å². The molecule has 0 spiro atoms. The van der Waals surface area contributed by atoms with Gasteiger partial charge in [-0.3, -0.25) is 9.59 Å². The summed E-state index contributed by atoms with van der Waals surface area (Å²) in [7, 11) is 1.53. The van der Waals surface area contributed by atoms with E-state index in [1.807, 2.05) is 48.7 Å². The number of carbonyl (C=O) groups excluding carboxylic acids is 2. The molecule has 1 aliphatic heterocycles. The largest absolute Gasteiger partial charge is 0.383 e. The zero-order chi connectivity index (χ0) is 24.1. The third-order valence-corrected chi connectivity index (χ3v) is 6.60. The van der Waals surface area contributed by atoms with E-state index in [1.54, 1.807) is 11.3 Å². The topological polar surface area (TPSA) is 62.2 Å². The van der Waals surface area contributed by atoms with Crippen LogP contribution in [-0.2, 0) is 9.53 Å². The highest BCUT2D eigenvalue weighted by atomic mass is 32.1. The molecule has 0 radical (unpaired) electrons. The highest BCUT2D eigenvalue weighted by Crippen LogP contribution is 2.34. The minimum absolute atomic E-state index is 0.184. The first-order valence-electron chi connectivity index (χ1n) is 11.0. The molecule has 34 heavy (non-hydrogen) atoms. The second-order valence-corrected chi connectivity index (χ2v) is 9.07. The summed E-state index contributed by atoms with van der Waals surface area (Å²) in [4.78, 5) is 29.0. The van der Waals surface area contributed by atoms with Gasteiger partial charge in [0.25, 0.3) is 11.8 Å². The van der Waals surface area contributed by atoms with Gasteiger partial charge in [0.05, 0.1) is 23.2 Å². The standard InChI is InChI=1S/C26H26FN3O3S/c1-18-8-10-19(11-9-18)23-16-22(24-7-4-14-34-24)28-30(23)25(31)17-29(12-13-33-2)26(32)20-5-3-6-21(27)15-20/h3-11,14-15,23H,12-13,16-17H2,1-2H3/t23-/m1/s1. The van der Waals surface area contributed by atoms with E-state index in [0.29, 0.717) is 6.42 Å². The zero-order valence-corrected chi connectivity index (χ0v) is 19.9. The second kappa shape index (κ2) is 10.7. The van der Waals surface area contributed by atoms with Crippen molar-refractivity contribution < 1.29 is 18.7 Å². The Morgan fingerprint density at radius 3 is 2.65 bits per heavy atom. The van der Waals surface area contributed by atoms with E-state index in [0.717, 1.165) is 21.7 Å². The fraction of sp³-hybridized carbons (Fsp3) is 0.269. The quantitative estimate of drug-likeness (QED) is 0.472. The van der Waals surface area contributed by atoms with Crippen molar-refractivity contribution in [2.75, 3.05) is 26.8 Å². The van der Waals surface area contributed by atoms with E-state index in [-0.39, 0.29) is 37.2 Å². The number of hydrogen-bond donors (Lipinski definition) is 0. The average molecular weight is 480 g/mol. The molecule has 1 aromatic heterocycles. The molecule has 176 valence electrons. The van der Waals surface area contributed by atoms with Gasteiger partial charge in [-0.05, 0) is 42.1 Å². The molecule has 1 aliphatic rings. The average Bonchev–Trinajstić information content (AvgIpc) is 3.52. The summed E-state index contributed by atoms with van der Waals surface area (Å²) in [5, 5.41) is 8.14. The SMILES string of the molecule is COCCN(CC(=O)N1N=C(c2cccs2)C[C@@H]1c1ccc(C)cc1)C(=O)c1cccc(F)c1. The number of aryl methyl sites for hydroxylation is 1. The van der Waals surface area contributed by atoms with E-state index >= 15 is 0 Å².